The van der Waals surface area contributed by atoms with Crippen LogP contribution in [0.25, 0.3) is 0 Å². The number of piperidine rings is 1. The lowest BCUT2D eigenvalue weighted by Gasteiger charge is -2.36. The number of hydrogen-bond donors (Lipinski definition) is 2. The molecule has 2 aromatic carbocycles. The van der Waals surface area contributed by atoms with E-state index in [0.29, 0.717) is 37.2 Å². The van der Waals surface area contributed by atoms with Crippen molar-refractivity contribution in [2.45, 2.75) is 38.0 Å². The predicted molar refractivity (Wildman–Crippen MR) is 105 cm³/mol. The van der Waals surface area contributed by atoms with Gasteiger partial charge in [0.15, 0.2) is 0 Å². The van der Waals surface area contributed by atoms with Gasteiger partial charge in [0.1, 0.15) is 18.0 Å². The molecule has 0 bridgehead atoms. The third-order valence-electron chi connectivity index (χ3n) is 5.40. The van der Waals surface area contributed by atoms with Crippen molar-refractivity contribution in [1.82, 2.24) is 4.90 Å². The molecule has 0 aromatic heterocycles. The second kappa shape index (κ2) is 8.01. The van der Waals surface area contributed by atoms with Crippen molar-refractivity contribution < 1.29 is 14.6 Å². The molecule has 2 aliphatic rings. The normalized spacial score (nSPS) is 22.1. The Balaban J connectivity index is 1.38. The van der Waals surface area contributed by atoms with E-state index in [0.717, 1.165) is 29.8 Å². The van der Waals surface area contributed by atoms with Gasteiger partial charge in [-0.3, -0.25) is 9.69 Å². The highest BCUT2D eigenvalue weighted by atomic mass is 16.5. The number of aliphatic hydroxyl groups is 1. The molecule has 0 saturated carbocycles. The van der Waals surface area contributed by atoms with Crippen LogP contribution in [0.3, 0.4) is 0 Å². The van der Waals surface area contributed by atoms with E-state index in [1.165, 1.54) is 0 Å². The van der Waals surface area contributed by atoms with Gasteiger partial charge in [0.2, 0.25) is 5.91 Å². The SMILES string of the molecule is N#Cc1ccccc1CN1CC[C@@H](Oc2ccc3c(c2)NC(=O)CC3)[C@H](O)C1. The van der Waals surface area contributed by atoms with Gasteiger partial charge in [-0.05, 0) is 36.1 Å². The lowest BCUT2D eigenvalue weighted by atomic mass is 10.0. The summed E-state index contributed by atoms with van der Waals surface area (Å²) in [5, 5.41) is 22.7. The summed E-state index contributed by atoms with van der Waals surface area (Å²) in [6.07, 6.45) is 1.04. The van der Waals surface area contributed by atoms with Crippen LogP contribution in [0.15, 0.2) is 42.5 Å². The van der Waals surface area contributed by atoms with Crippen LogP contribution in [0.2, 0.25) is 0 Å². The number of nitrogens with one attached hydrogen (secondary N) is 1. The Morgan fingerprint density at radius 2 is 2.11 bits per heavy atom. The van der Waals surface area contributed by atoms with Crippen LogP contribution < -0.4 is 10.1 Å². The number of hydrogen-bond acceptors (Lipinski definition) is 5. The van der Waals surface area contributed by atoms with E-state index in [1.54, 1.807) is 0 Å². The molecule has 2 aliphatic heterocycles. The molecule has 6 heteroatoms. The Labute approximate surface area is 164 Å². The summed E-state index contributed by atoms with van der Waals surface area (Å²) in [5.74, 6) is 0.684. The zero-order valence-corrected chi connectivity index (χ0v) is 15.6. The minimum atomic E-state index is -0.617. The molecule has 1 saturated heterocycles. The fourth-order valence-electron chi connectivity index (χ4n) is 3.86. The highest BCUT2D eigenvalue weighted by molar-refractivity contribution is 5.94. The van der Waals surface area contributed by atoms with Crippen molar-refractivity contribution in [3.05, 3.63) is 59.2 Å². The number of carbonyl (C=O) groups excluding carboxylic acids is 1. The van der Waals surface area contributed by atoms with E-state index in [9.17, 15) is 15.2 Å². The van der Waals surface area contributed by atoms with E-state index in [2.05, 4.69) is 16.3 Å². The van der Waals surface area contributed by atoms with E-state index in [4.69, 9.17) is 4.74 Å². The number of fused-ring (bicyclic) bond motifs is 1. The zero-order valence-electron chi connectivity index (χ0n) is 15.6. The van der Waals surface area contributed by atoms with Crippen molar-refractivity contribution >= 4 is 11.6 Å². The summed E-state index contributed by atoms with van der Waals surface area (Å²) in [6.45, 7) is 1.91. The summed E-state index contributed by atoms with van der Waals surface area (Å²) in [6, 6.07) is 15.5. The first kappa shape index (κ1) is 18.5. The average Bonchev–Trinajstić information content (AvgIpc) is 2.70. The van der Waals surface area contributed by atoms with E-state index >= 15 is 0 Å². The molecule has 6 nitrogen and oxygen atoms in total. The highest BCUT2D eigenvalue weighted by Crippen LogP contribution is 2.29. The number of β-amino-alcohol motifs (C(OH)–C–C–N with tert-alkyl or cyclic N) is 1. The van der Waals surface area contributed by atoms with Gasteiger partial charge < -0.3 is 15.2 Å². The van der Waals surface area contributed by atoms with Gasteiger partial charge in [0, 0.05) is 37.8 Å². The number of anilines is 1. The number of aliphatic hydroxyl groups excluding tert-OH is 1. The largest absolute Gasteiger partial charge is 0.488 e. The third-order valence-corrected chi connectivity index (χ3v) is 5.40. The summed E-state index contributed by atoms with van der Waals surface area (Å²) in [7, 11) is 0. The van der Waals surface area contributed by atoms with Crippen LogP contribution in [0.5, 0.6) is 5.75 Å². The maximum Gasteiger partial charge on any atom is 0.224 e. The topological polar surface area (TPSA) is 85.6 Å². The molecule has 2 atom stereocenters. The van der Waals surface area contributed by atoms with Crippen molar-refractivity contribution in [3.63, 3.8) is 0 Å². The summed E-state index contributed by atoms with van der Waals surface area (Å²) in [4.78, 5) is 13.7. The van der Waals surface area contributed by atoms with Crippen LogP contribution in [-0.4, -0.2) is 41.2 Å². The standard InChI is InChI=1S/C22H23N3O3/c23-12-16-3-1-2-4-17(16)13-25-10-9-21(20(26)14-25)28-18-7-5-15-6-8-22(27)24-19(15)11-18/h1-5,7,11,20-21,26H,6,8-10,13-14H2,(H,24,27)/t20-,21-/m1/s1. The summed E-state index contributed by atoms with van der Waals surface area (Å²) < 4.78 is 6.03. The summed E-state index contributed by atoms with van der Waals surface area (Å²) in [5.41, 5.74) is 3.56. The fourth-order valence-corrected chi connectivity index (χ4v) is 3.86. The van der Waals surface area contributed by atoms with Gasteiger partial charge >= 0.3 is 0 Å². The molecule has 144 valence electrons. The smallest absolute Gasteiger partial charge is 0.224 e. The number of aryl methyl sites for hydroxylation is 1. The van der Waals surface area contributed by atoms with Gasteiger partial charge in [0.05, 0.1) is 11.6 Å². The van der Waals surface area contributed by atoms with Gasteiger partial charge in [-0.2, -0.15) is 5.26 Å². The Morgan fingerprint density at radius 1 is 1.25 bits per heavy atom. The Bertz CT molecular complexity index is 921. The number of likely N-dealkylation sites (tertiary alicyclic amines) is 1. The number of nitriles is 1. The lowest BCUT2D eigenvalue weighted by Crippen LogP contribution is -2.48. The molecule has 4 rings (SSSR count). The zero-order chi connectivity index (χ0) is 19.5. The van der Waals surface area contributed by atoms with Gasteiger partial charge in [-0.1, -0.05) is 24.3 Å². The number of amides is 1. The summed E-state index contributed by atoms with van der Waals surface area (Å²) >= 11 is 0. The van der Waals surface area contributed by atoms with Gasteiger partial charge in [-0.15, -0.1) is 0 Å². The van der Waals surface area contributed by atoms with Crippen LogP contribution in [-0.2, 0) is 17.8 Å². The quantitative estimate of drug-likeness (QED) is 0.855. The number of carbonyl (C=O) groups is 1. The molecule has 0 radical (unpaired) electrons. The van der Waals surface area contributed by atoms with Gasteiger partial charge in [-0.25, -0.2) is 0 Å². The third kappa shape index (κ3) is 4.01. The van der Waals surface area contributed by atoms with Crippen LogP contribution in [0.1, 0.15) is 29.5 Å². The molecule has 0 spiro atoms. The maximum atomic E-state index is 11.6. The van der Waals surface area contributed by atoms with Crippen molar-refractivity contribution in [3.8, 4) is 11.8 Å². The molecular formula is C22H23N3O3. The Hall–Kier alpha value is -2.88. The van der Waals surface area contributed by atoms with Gasteiger partial charge in [0.25, 0.3) is 0 Å². The number of ether oxygens (including phenoxy) is 1. The molecule has 28 heavy (non-hydrogen) atoms. The Morgan fingerprint density at radius 3 is 2.93 bits per heavy atom. The van der Waals surface area contributed by atoms with Crippen molar-refractivity contribution in [2.24, 2.45) is 0 Å². The highest BCUT2D eigenvalue weighted by Gasteiger charge is 2.30. The number of nitrogens with zero attached hydrogens (tertiary/aromatic N) is 2. The molecule has 2 aromatic rings. The van der Waals surface area contributed by atoms with E-state index in [1.807, 2.05) is 42.5 Å². The molecule has 1 fully saturated rings. The van der Waals surface area contributed by atoms with E-state index < -0.39 is 6.10 Å². The monoisotopic (exact) mass is 377 g/mol. The molecular weight excluding hydrogens is 354 g/mol. The first-order chi connectivity index (χ1) is 13.6. The fraction of sp³-hybridized carbons (Fsp3) is 0.364. The molecule has 2 heterocycles. The van der Waals surface area contributed by atoms with Crippen molar-refractivity contribution in [2.75, 3.05) is 18.4 Å². The number of benzene rings is 2. The lowest BCUT2D eigenvalue weighted by molar-refractivity contribution is -0.116. The maximum absolute atomic E-state index is 11.6. The minimum Gasteiger partial charge on any atom is -0.488 e. The second-order valence-electron chi connectivity index (χ2n) is 7.38. The van der Waals surface area contributed by atoms with E-state index in [-0.39, 0.29) is 12.0 Å². The molecule has 0 unspecified atom stereocenters. The average molecular weight is 377 g/mol. The second-order valence-corrected chi connectivity index (χ2v) is 7.38. The molecule has 0 aliphatic carbocycles. The van der Waals surface area contributed by atoms with Crippen molar-refractivity contribution in [1.29, 1.82) is 5.26 Å². The molecule has 1 amide bonds. The van der Waals surface area contributed by atoms with Crippen LogP contribution >= 0.6 is 0 Å². The van der Waals surface area contributed by atoms with Crippen LogP contribution in [0, 0.1) is 11.3 Å². The molecule has 2 N–H and O–H groups in total. The first-order valence-electron chi connectivity index (χ1n) is 9.60. The Kier molecular flexibility index (Phi) is 5.29. The first-order valence-corrected chi connectivity index (χ1v) is 9.60. The number of rotatable bonds is 4. The minimum absolute atomic E-state index is 0.0237. The van der Waals surface area contributed by atoms with Crippen LogP contribution in [0.4, 0.5) is 5.69 Å². The predicted octanol–water partition coefficient (Wildman–Crippen LogP) is 2.46.